The fraction of sp³-hybridized carbons (Fsp3) is 0. The molecule has 10 heteroatoms. The molecule has 1 aromatic carbocycles. The molecule has 92 valence electrons. The molecule has 0 aliphatic heterocycles. The molecule has 1 aromatic rings. The topological polar surface area (TPSA) is 179 Å². The van der Waals surface area contributed by atoms with E-state index in [9.17, 15) is 30.1 Å². The summed E-state index contributed by atoms with van der Waals surface area (Å²) in [6.45, 7) is 0. The van der Waals surface area contributed by atoms with Gasteiger partial charge >= 0.3 is 11.7 Å². The third-order valence-electron chi connectivity index (χ3n) is 1.71. The van der Waals surface area contributed by atoms with Crippen LogP contribution in [0, 0.1) is 20.2 Å². The number of nitro groups is 2. The molecule has 0 aliphatic rings. The first kappa shape index (κ1) is 14.2. The van der Waals surface area contributed by atoms with Gasteiger partial charge < -0.3 is 16.4 Å². The predicted octanol–water partition coefficient (Wildman–Crippen LogP) is 1.07. The summed E-state index contributed by atoms with van der Waals surface area (Å²) in [5.41, 5.74) is -2.69. The van der Waals surface area contributed by atoms with Crippen molar-refractivity contribution in [2.24, 2.45) is 0 Å². The van der Waals surface area contributed by atoms with Crippen molar-refractivity contribution in [3.8, 4) is 5.75 Å². The van der Waals surface area contributed by atoms with Crippen molar-refractivity contribution in [2.45, 2.75) is 0 Å². The third-order valence-corrected chi connectivity index (χ3v) is 1.71. The van der Waals surface area contributed by atoms with Gasteiger partial charge in [-0.1, -0.05) is 0 Å². The zero-order valence-corrected chi connectivity index (χ0v) is 8.19. The molecule has 0 aromatic heterocycles. The number of nitro benzene ring substituents is 2. The van der Waals surface area contributed by atoms with Crippen LogP contribution in [0.3, 0.4) is 0 Å². The number of nitrogens with zero attached hydrogens (tertiary/aromatic N) is 2. The molecule has 1 rings (SSSR count). The van der Waals surface area contributed by atoms with E-state index in [1.807, 2.05) is 0 Å². The van der Waals surface area contributed by atoms with E-state index >= 15 is 0 Å². The van der Waals surface area contributed by atoms with Gasteiger partial charge in [0.25, 0.3) is 5.69 Å². The van der Waals surface area contributed by atoms with Crippen molar-refractivity contribution in [3.63, 3.8) is 0 Å². The van der Waals surface area contributed by atoms with Crippen LogP contribution in [0.5, 0.6) is 5.75 Å². The SMILES string of the molecule is N.O=C(O)c1cc([N+](=O)[O-])cc([N+](=O)[O-])c1O. The van der Waals surface area contributed by atoms with Crippen LogP contribution >= 0.6 is 0 Å². The van der Waals surface area contributed by atoms with E-state index in [4.69, 9.17) is 5.11 Å². The van der Waals surface area contributed by atoms with E-state index < -0.39 is 38.5 Å². The number of benzene rings is 1. The Kier molecular flexibility index (Phi) is 4.06. The van der Waals surface area contributed by atoms with Gasteiger partial charge in [0.2, 0.25) is 5.75 Å². The summed E-state index contributed by atoms with van der Waals surface area (Å²) in [6.07, 6.45) is 0. The summed E-state index contributed by atoms with van der Waals surface area (Å²) in [6, 6.07) is 1.03. The smallest absolute Gasteiger partial charge is 0.340 e. The predicted molar refractivity (Wildman–Crippen MR) is 53.4 cm³/mol. The number of hydrogen-bond donors (Lipinski definition) is 3. The van der Waals surface area contributed by atoms with Crippen molar-refractivity contribution in [1.82, 2.24) is 6.15 Å². The molecule has 0 bridgehead atoms. The quantitative estimate of drug-likeness (QED) is 0.522. The van der Waals surface area contributed by atoms with E-state index in [0.29, 0.717) is 12.1 Å². The Bertz CT molecular complexity index is 463. The largest absolute Gasteiger partial charge is 0.501 e. The summed E-state index contributed by atoms with van der Waals surface area (Å²) in [5, 5.41) is 38.5. The maximum atomic E-state index is 10.6. The standard InChI is InChI=1S/C7H4N2O7.H3N/c10-6-4(7(11)12)1-3(8(13)14)2-5(6)9(15)16;/h1-2,10H,(H,11,12);1H3. The first-order chi connectivity index (χ1) is 7.34. The number of carbonyl (C=O) groups is 1. The zero-order valence-electron chi connectivity index (χ0n) is 8.19. The summed E-state index contributed by atoms with van der Waals surface area (Å²) >= 11 is 0. The lowest BCUT2D eigenvalue weighted by molar-refractivity contribution is -0.394. The number of hydrogen-bond acceptors (Lipinski definition) is 7. The molecule has 0 heterocycles. The first-order valence-corrected chi connectivity index (χ1v) is 3.73. The van der Waals surface area contributed by atoms with Crippen LogP contribution in [0.1, 0.15) is 10.4 Å². The summed E-state index contributed by atoms with van der Waals surface area (Å²) < 4.78 is 0. The average molecular weight is 245 g/mol. The highest BCUT2D eigenvalue weighted by Gasteiger charge is 2.26. The molecular weight excluding hydrogens is 238 g/mol. The van der Waals surface area contributed by atoms with Crippen LogP contribution in [0.15, 0.2) is 12.1 Å². The van der Waals surface area contributed by atoms with E-state index in [-0.39, 0.29) is 6.15 Å². The Balaban J connectivity index is 0.00000256. The van der Waals surface area contributed by atoms with Crippen LogP contribution in [-0.2, 0) is 0 Å². The van der Waals surface area contributed by atoms with Gasteiger partial charge in [-0.15, -0.1) is 0 Å². The number of phenols is 1. The highest BCUT2D eigenvalue weighted by atomic mass is 16.6. The minimum Gasteiger partial charge on any atom is -0.501 e. The lowest BCUT2D eigenvalue weighted by Gasteiger charge is -2.00. The molecule has 0 radical (unpaired) electrons. The fourth-order valence-corrected chi connectivity index (χ4v) is 1.01. The van der Waals surface area contributed by atoms with Crippen molar-refractivity contribution >= 4 is 17.3 Å². The second-order valence-electron chi connectivity index (χ2n) is 2.68. The molecule has 0 saturated carbocycles. The first-order valence-electron chi connectivity index (χ1n) is 3.73. The van der Waals surface area contributed by atoms with Gasteiger partial charge in [0.15, 0.2) is 0 Å². The van der Waals surface area contributed by atoms with Gasteiger partial charge in [-0.25, -0.2) is 4.79 Å². The van der Waals surface area contributed by atoms with Crippen LogP contribution in [0.4, 0.5) is 11.4 Å². The Labute approximate surface area is 93.0 Å². The van der Waals surface area contributed by atoms with Gasteiger partial charge in [0.1, 0.15) is 5.56 Å². The van der Waals surface area contributed by atoms with Gasteiger partial charge in [-0.05, 0) is 0 Å². The molecule has 5 N–H and O–H groups in total. The van der Waals surface area contributed by atoms with Crippen molar-refractivity contribution < 1.29 is 24.9 Å². The van der Waals surface area contributed by atoms with Crippen LogP contribution in [0.2, 0.25) is 0 Å². The van der Waals surface area contributed by atoms with Crippen LogP contribution in [0.25, 0.3) is 0 Å². The molecule has 0 aliphatic carbocycles. The van der Waals surface area contributed by atoms with Gasteiger partial charge in [0, 0.05) is 6.07 Å². The zero-order chi connectivity index (χ0) is 12.5. The molecule has 17 heavy (non-hydrogen) atoms. The van der Waals surface area contributed by atoms with Crippen molar-refractivity contribution in [2.75, 3.05) is 0 Å². The number of rotatable bonds is 3. The third kappa shape index (κ3) is 2.63. The van der Waals surface area contributed by atoms with Crippen molar-refractivity contribution in [3.05, 3.63) is 37.9 Å². The normalized spacial score (nSPS) is 9.18. The number of carboxylic acids is 1. The number of aromatic hydroxyl groups is 1. The molecule has 10 nitrogen and oxygen atoms in total. The maximum Gasteiger partial charge on any atom is 0.340 e. The fourth-order valence-electron chi connectivity index (χ4n) is 1.01. The molecule has 0 amide bonds. The Morgan fingerprint density at radius 2 is 1.71 bits per heavy atom. The summed E-state index contributed by atoms with van der Waals surface area (Å²) in [7, 11) is 0. The lowest BCUT2D eigenvalue weighted by Crippen LogP contribution is -2.02. The van der Waals surface area contributed by atoms with Crippen molar-refractivity contribution in [1.29, 1.82) is 0 Å². The molecule has 0 unspecified atom stereocenters. The van der Waals surface area contributed by atoms with Crippen LogP contribution < -0.4 is 6.15 Å². The van der Waals surface area contributed by atoms with E-state index in [2.05, 4.69) is 0 Å². The van der Waals surface area contributed by atoms with Gasteiger partial charge in [0.05, 0.1) is 15.9 Å². The molecule has 0 fully saturated rings. The second kappa shape index (κ2) is 4.85. The minimum absolute atomic E-state index is 0. The van der Waals surface area contributed by atoms with Crippen LogP contribution in [-0.4, -0.2) is 26.0 Å². The number of carboxylic acid groups (broad SMARTS) is 1. The average Bonchev–Trinajstić information content (AvgIpc) is 2.16. The lowest BCUT2D eigenvalue weighted by atomic mass is 10.1. The van der Waals surface area contributed by atoms with E-state index in [1.165, 1.54) is 0 Å². The highest BCUT2D eigenvalue weighted by Crippen LogP contribution is 2.34. The molecule has 0 spiro atoms. The Hall–Kier alpha value is -2.75. The Morgan fingerprint density at radius 3 is 2.06 bits per heavy atom. The van der Waals surface area contributed by atoms with E-state index in [0.717, 1.165) is 0 Å². The number of aromatic carboxylic acids is 1. The highest BCUT2D eigenvalue weighted by molar-refractivity contribution is 5.93. The molecule has 0 atom stereocenters. The summed E-state index contributed by atoms with van der Waals surface area (Å²) in [4.78, 5) is 29.2. The second-order valence-corrected chi connectivity index (χ2v) is 2.68. The summed E-state index contributed by atoms with van der Waals surface area (Å²) in [5.74, 6) is -2.80. The van der Waals surface area contributed by atoms with Gasteiger partial charge in [-0.2, -0.15) is 0 Å². The molecular formula is C7H7N3O7. The number of non-ortho nitro benzene ring substituents is 1. The minimum atomic E-state index is -1.69. The maximum absolute atomic E-state index is 10.6. The Morgan fingerprint density at radius 1 is 1.18 bits per heavy atom. The monoisotopic (exact) mass is 245 g/mol. The van der Waals surface area contributed by atoms with Gasteiger partial charge in [-0.3, -0.25) is 20.2 Å². The van der Waals surface area contributed by atoms with E-state index in [1.54, 1.807) is 0 Å². The molecule has 0 saturated heterocycles.